The summed E-state index contributed by atoms with van der Waals surface area (Å²) < 4.78 is 10.8. The standard InChI is InChI=1S/C18H18N4O4/c1-22(2)18-21-14-7-6-12(9-15(14)26-18)20-17(24)11-4-3-5-13(8-11)25-10-16(19)23/h3-9H,10H2,1-2H3,(H2,19,23)(H,20,24). The number of carbonyl (C=O) groups is 2. The van der Waals surface area contributed by atoms with Gasteiger partial charge in [0.05, 0.1) is 0 Å². The topological polar surface area (TPSA) is 111 Å². The van der Waals surface area contributed by atoms with Crippen molar-refractivity contribution >= 4 is 34.6 Å². The van der Waals surface area contributed by atoms with Crippen molar-refractivity contribution < 1.29 is 18.7 Å². The average molecular weight is 354 g/mol. The number of fused-ring (bicyclic) bond motifs is 1. The number of aromatic nitrogens is 1. The summed E-state index contributed by atoms with van der Waals surface area (Å²) >= 11 is 0. The fraction of sp³-hybridized carbons (Fsp3) is 0.167. The van der Waals surface area contributed by atoms with Crippen molar-refractivity contribution in [2.45, 2.75) is 0 Å². The van der Waals surface area contributed by atoms with E-state index in [1.54, 1.807) is 41.3 Å². The van der Waals surface area contributed by atoms with Gasteiger partial charge in [-0.25, -0.2) is 0 Å². The maximum Gasteiger partial charge on any atom is 0.297 e. The normalized spacial score (nSPS) is 10.5. The maximum atomic E-state index is 12.4. The van der Waals surface area contributed by atoms with Crippen LogP contribution < -0.4 is 20.7 Å². The van der Waals surface area contributed by atoms with Gasteiger partial charge in [0.25, 0.3) is 17.8 Å². The first-order chi connectivity index (χ1) is 12.4. The van der Waals surface area contributed by atoms with Gasteiger partial charge in [-0.05, 0) is 30.3 Å². The number of nitrogens with one attached hydrogen (secondary N) is 1. The predicted octanol–water partition coefficient (Wildman–Crippen LogP) is 2.01. The number of benzene rings is 2. The van der Waals surface area contributed by atoms with E-state index in [0.717, 1.165) is 0 Å². The fourth-order valence-electron chi connectivity index (χ4n) is 2.27. The second kappa shape index (κ2) is 7.14. The Morgan fingerprint density at radius 1 is 1.23 bits per heavy atom. The highest BCUT2D eigenvalue weighted by Gasteiger charge is 2.11. The van der Waals surface area contributed by atoms with Crippen LogP contribution in [0.15, 0.2) is 46.9 Å². The van der Waals surface area contributed by atoms with Crippen LogP contribution in [0, 0.1) is 0 Å². The average Bonchev–Trinajstić information content (AvgIpc) is 3.04. The van der Waals surface area contributed by atoms with E-state index in [2.05, 4.69) is 10.3 Å². The van der Waals surface area contributed by atoms with Gasteiger partial charge in [-0.1, -0.05) is 6.07 Å². The quantitative estimate of drug-likeness (QED) is 0.700. The van der Waals surface area contributed by atoms with E-state index in [1.165, 1.54) is 6.07 Å². The van der Waals surface area contributed by atoms with Crippen molar-refractivity contribution in [1.29, 1.82) is 0 Å². The molecule has 0 atom stereocenters. The number of hydrogen-bond donors (Lipinski definition) is 2. The second-order valence-corrected chi connectivity index (χ2v) is 5.81. The highest BCUT2D eigenvalue weighted by atomic mass is 16.5. The molecule has 3 aromatic rings. The SMILES string of the molecule is CN(C)c1nc2ccc(NC(=O)c3cccc(OCC(N)=O)c3)cc2o1. The molecule has 0 aliphatic carbocycles. The molecule has 0 fully saturated rings. The number of oxazole rings is 1. The highest BCUT2D eigenvalue weighted by Crippen LogP contribution is 2.24. The lowest BCUT2D eigenvalue weighted by atomic mass is 10.2. The highest BCUT2D eigenvalue weighted by molar-refractivity contribution is 6.05. The molecule has 0 spiro atoms. The van der Waals surface area contributed by atoms with Crippen molar-refractivity contribution in [2.75, 3.05) is 30.9 Å². The molecule has 0 unspecified atom stereocenters. The van der Waals surface area contributed by atoms with E-state index < -0.39 is 5.91 Å². The number of nitrogens with two attached hydrogens (primary N) is 1. The number of ether oxygens (including phenoxy) is 1. The Balaban J connectivity index is 1.76. The summed E-state index contributed by atoms with van der Waals surface area (Å²) in [5.41, 5.74) is 7.29. The molecule has 0 bridgehead atoms. The van der Waals surface area contributed by atoms with Gasteiger partial charge in [-0.15, -0.1) is 0 Å². The zero-order chi connectivity index (χ0) is 18.7. The first kappa shape index (κ1) is 17.3. The van der Waals surface area contributed by atoms with E-state index in [4.69, 9.17) is 14.9 Å². The van der Waals surface area contributed by atoms with Crippen LogP contribution in [0.2, 0.25) is 0 Å². The van der Waals surface area contributed by atoms with Gasteiger partial charge >= 0.3 is 0 Å². The summed E-state index contributed by atoms with van der Waals surface area (Å²) in [5, 5.41) is 2.79. The molecule has 1 aromatic heterocycles. The van der Waals surface area contributed by atoms with Crippen molar-refractivity contribution in [1.82, 2.24) is 4.98 Å². The van der Waals surface area contributed by atoms with Gasteiger partial charge in [-0.2, -0.15) is 4.98 Å². The molecule has 0 radical (unpaired) electrons. The van der Waals surface area contributed by atoms with E-state index in [-0.39, 0.29) is 12.5 Å². The lowest BCUT2D eigenvalue weighted by Gasteiger charge is -2.07. The van der Waals surface area contributed by atoms with Crippen molar-refractivity contribution in [3.63, 3.8) is 0 Å². The van der Waals surface area contributed by atoms with Gasteiger partial charge in [0, 0.05) is 31.4 Å². The largest absolute Gasteiger partial charge is 0.484 e. The van der Waals surface area contributed by atoms with Crippen LogP contribution in [0.25, 0.3) is 11.1 Å². The molecule has 0 aliphatic rings. The first-order valence-electron chi connectivity index (χ1n) is 7.83. The van der Waals surface area contributed by atoms with Gasteiger partial charge < -0.3 is 25.1 Å². The number of anilines is 2. The minimum absolute atomic E-state index is 0.249. The molecular weight excluding hydrogens is 336 g/mol. The molecule has 8 nitrogen and oxygen atoms in total. The molecule has 0 saturated heterocycles. The number of hydrogen-bond acceptors (Lipinski definition) is 6. The Hall–Kier alpha value is -3.55. The van der Waals surface area contributed by atoms with E-state index in [1.807, 2.05) is 14.1 Å². The lowest BCUT2D eigenvalue weighted by molar-refractivity contribution is -0.119. The minimum Gasteiger partial charge on any atom is -0.484 e. The van der Waals surface area contributed by atoms with Crippen LogP contribution in [-0.2, 0) is 4.79 Å². The predicted molar refractivity (Wildman–Crippen MR) is 97.4 cm³/mol. The molecule has 8 heteroatoms. The Morgan fingerprint density at radius 2 is 2.04 bits per heavy atom. The number of rotatable bonds is 6. The molecule has 134 valence electrons. The zero-order valence-corrected chi connectivity index (χ0v) is 14.4. The molecule has 3 N–H and O–H groups in total. The monoisotopic (exact) mass is 354 g/mol. The van der Waals surface area contributed by atoms with Crippen LogP contribution in [0.4, 0.5) is 11.7 Å². The van der Waals surface area contributed by atoms with E-state index >= 15 is 0 Å². The summed E-state index contributed by atoms with van der Waals surface area (Å²) in [5.74, 6) is -0.517. The fourth-order valence-corrected chi connectivity index (χ4v) is 2.27. The number of amides is 2. The lowest BCUT2D eigenvalue weighted by Crippen LogP contribution is -2.20. The summed E-state index contributed by atoms with van der Waals surface area (Å²) in [4.78, 5) is 29.3. The van der Waals surface area contributed by atoms with Crippen molar-refractivity contribution in [2.24, 2.45) is 5.73 Å². The third-order valence-corrected chi connectivity index (χ3v) is 3.49. The first-order valence-corrected chi connectivity index (χ1v) is 7.83. The van der Waals surface area contributed by atoms with E-state index in [9.17, 15) is 9.59 Å². The van der Waals surface area contributed by atoms with Gasteiger partial charge in [0.15, 0.2) is 12.2 Å². The molecule has 26 heavy (non-hydrogen) atoms. The van der Waals surface area contributed by atoms with Gasteiger partial charge in [0.1, 0.15) is 11.3 Å². The third-order valence-electron chi connectivity index (χ3n) is 3.49. The number of nitrogens with zero attached hydrogens (tertiary/aromatic N) is 2. The Kier molecular flexibility index (Phi) is 4.74. The van der Waals surface area contributed by atoms with Crippen LogP contribution in [0.3, 0.4) is 0 Å². The molecule has 0 aliphatic heterocycles. The molecule has 1 heterocycles. The Labute approximate surface area is 149 Å². The summed E-state index contributed by atoms with van der Waals surface area (Å²) in [6.07, 6.45) is 0. The Morgan fingerprint density at radius 3 is 2.77 bits per heavy atom. The van der Waals surface area contributed by atoms with Gasteiger partial charge in [0.2, 0.25) is 0 Å². The molecule has 0 saturated carbocycles. The van der Waals surface area contributed by atoms with Crippen LogP contribution in [0.5, 0.6) is 5.75 Å². The summed E-state index contributed by atoms with van der Waals surface area (Å²) in [7, 11) is 3.67. The van der Waals surface area contributed by atoms with E-state index in [0.29, 0.717) is 34.1 Å². The zero-order valence-electron chi connectivity index (χ0n) is 14.4. The number of primary amides is 1. The molecule has 2 aromatic carbocycles. The molecule has 2 amide bonds. The smallest absolute Gasteiger partial charge is 0.297 e. The van der Waals surface area contributed by atoms with Crippen LogP contribution in [0.1, 0.15) is 10.4 Å². The minimum atomic E-state index is -0.586. The molecule has 3 rings (SSSR count). The summed E-state index contributed by atoms with van der Waals surface area (Å²) in [6.45, 7) is -0.249. The van der Waals surface area contributed by atoms with Crippen molar-refractivity contribution in [3.05, 3.63) is 48.0 Å². The second-order valence-electron chi connectivity index (χ2n) is 5.81. The third kappa shape index (κ3) is 3.92. The Bertz CT molecular complexity index is 965. The van der Waals surface area contributed by atoms with Crippen LogP contribution >= 0.6 is 0 Å². The van der Waals surface area contributed by atoms with Gasteiger partial charge in [-0.3, -0.25) is 9.59 Å². The van der Waals surface area contributed by atoms with Crippen LogP contribution in [-0.4, -0.2) is 37.5 Å². The summed E-state index contributed by atoms with van der Waals surface area (Å²) in [6, 6.07) is 12.2. The van der Waals surface area contributed by atoms with Crippen molar-refractivity contribution in [3.8, 4) is 5.75 Å². The number of carbonyl (C=O) groups excluding carboxylic acids is 2. The maximum absolute atomic E-state index is 12.4. The molecular formula is C18H18N4O4.